The summed E-state index contributed by atoms with van der Waals surface area (Å²) in [4.78, 5) is 11.2. The topological polar surface area (TPSA) is 17.1 Å². The number of halogens is 1. The Morgan fingerprint density at radius 1 is 1.55 bits per heavy atom. The molecule has 2 heteroatoms. The third kappa shape index (κ3) is 2.06. The SMILES string of the molecule is CC1(C)CCC(=O)/C(=C/Cl)C1. The lowest BCUT2D eigenvalue weighted by atomic mass is 9.75. The Morgan fingerprint density at radius 2 is 2.18 bits per heavy atom. The molecule has 1 nitrogen and oxygen atoms in total. The van der Waals surface area contributed by atoms with Crippen molar-refractivity contribution in [2.75, 3.05) is 0 Å². The van der Waals surface area contributed by atoms with Gasteiger partial charge in [-0.2, -0.15) is 0 Å². The maximum Gasteiger partial charge on any atom is 0.159 e. The molecule has 1 rings (SSSR count). The third-order valence-corrected chi connectivity index (χ3v) is 2.45. The lowest BCUT2D eigenvalue weighted by Gasteiger charge is -2.29. The van der Waals surface area contributed by atoms with Crippen LogP contribution < -0.4 is 0 Å². The molecule has 1 aliphatic rings. The first-order valence-corrected chi connectivity index (χ1v) is 4.31. The van der Waals surface area contributed by atoms with Crippen molar-refractivity contribution in [3.63, 3.8) is 0 Å². The molecule has 0 aromatic heterocycles. The molecule has 11 heavy (non-hydrogen) atoms. The van der Waals surface area contributed by atoms with E-state index in [1.54, 1.807) is 0 Å². The number of hydrogen-bond donors (Lipinski definition) is 0. The second kappa shape index (κ2) is 2.98. The molecule has 0 aromatic rings. The van der Waals surface area contributed by atoms with E-state index < -0.39 is 0 Å². The van der Waals surface area contributed by atoms with Crippen LogP contribution in [0.5, 0.6) is 0 Å². The summed E-state index contributed by atoms with van der Waals surface area (Å²) < 4.78 is 0. The molecule has 1 aliphatic carbocycles. The largest absolute Gasteiger partial charge is 0.295 e. The number of carbonyl (C=O) groups is 1. The van der Waals surface area contributed by atoms with Gasteiger partial charge in [0, 0.05) is 17.5 Å². The number of hydrogen-bond acceptors (Lipinski definition) is 1. The van der Waals surface area contributed by atoms with E-state index in [4.69, 9.17) is 11.6 Å². The molecule has 0 unspecified atom stereocenters. The smallest absolute Gasteiger partial charge is 0.159 e. The molecule has 0 bridgehead atoms. The Hall–Kier alpha value is -0.300. The van der Waals surface area contributed by atoms with Crippen LogP contribution in [0.25, 0.3) is 0 Å². The van der Waals surface area contributed by atoms with Crippen molar-refractivity contribution in [1.29, 1.82) is 0 Å². The van der Waals surface area contributed by atoms with Crippen LogP contribution in [0.1, 0.15) is 33.1 Å². The zero-order valence-electron chi connectivity index (χ0n) is 6.98. The molecule has 62 valence electrons. The Morgan fingerprint density at radius 3 is 2.64 bits per heavy atom. The van der Waals surface area contributed by atoms with Gasteiger partial charge in [0.15, 0.2) is 5.78 Å². The van der Waals surface area contributed by atoms with Crippen molar-refractivity contribution in [2.45, 2.75) is 33.1 Å². The van der Waals surface area contributed by atoms with Gasteiger partial charge in [-0.1, -0.05) is 25.4 Å². The fraction of sp³-hybridized carbons (Fsp3) is 0.667. The molecule has 0 radical (unpaired) electrons. The van der Waals surface area contributed by atoms with Gasteiger partial charge in [0.05, 0.1) is 0 Å². The molecule has 0 amide bonds. The monoisotopic (exact) mass is 172 g/mol. The van der Waals surface area contributed by atoms with Gasteiger partial charge in [-0.25, -0.2) is 0 Å². The van der Waals surface area contributed by atoms with Crippen molar-refractivity contribution < 1.29 is 4.79 Å². The highest BCUT2D eigenvalue weighted by atomic mass is 35.5. The van der Waals surface area contributed by atoms with Crippen LogP contribution in [0.3, 0.4) is 0 Å². The molecular formula is C9H13ClO. The van der Waals surface area contributed by atoms with Gasteiger partial charge in [-0.05, 0) is 18.3 Å². The molecule has 1 saturated carbocycles. The van der Waals surface area contributed by atoms with E-state index >= 15 is 0 Å². The van der Waals surface area contributed by atoms with Gasteiger partial charge >= 0.3 is 0 Å². The van der Waals surface area contributed by atoms with Crippen LogP contribution >= 0.6 is 11.6 Å². The normalized spacial score (nSPS) is 27.5. The van der Waals surface area contributed by atoms with E-state index in [1.165, 1.54) is 5.54 Å². The maximum atomic E-state index is 11.2. The second-order valence-corrected chi connectivity index (χ2v) is 4.12. The van der Waals surface area contributed by atoms with Crippen LogP contribution in [0, 0.1) is 5.41 Å². The summed E-state index contributed by atoms with van der Waals surface area (Å²) in [6, 6.07) is 0. The van der Waals surface area contributed by atoms with Crippen LogP contribution in [-0.2, 0) is 4.79 Å². The van der Waals surface area contributed by atoms with Crippen molar-refractivity contribution >= 4 is 17.4 Å². The van der Waals surface area contributed by atoms with E-state index in [9.17, 15) is 4.79 Å². The minimum Gasteiger partial charge on any atom is -0.295 e. The van der Waals surface area contributed by atoms with Crippen molar-refractivity contribution in [3.8, 4) is 0 Å². The van der Waals surface area contributed by atoms with Gasteiger partial charge in [0.2, 0.25) is 0 Å². The first kappa shape index (κ1) is 8.79. The summed E-state index contributed by atoms with van der Waals surface area (Å²) in [5.74, 6) is 0.222. The molecule has 1 fully saturated rings. The van der Waals surface area contributed by atoms with Gasteiger partial charge in [-0.3, -0.25) is 4.79 Å². The maximum absolute atomic E-state index is 11.2. The first-order valence-electron chi connectivity index (χ1n) is 3.88. The highest BCUT2D eigenvalue weighted by Crippen LogP contribution is 2.36. The van der Waals surface area contributed by atoms with Crippen LogP contribution in [-0.4, -0.2) is 5.78 Å². The van der Waals surface area contributed by atoms with Crippen molar-refractivity contribution in [2.24, 2.45) is 5.41 Å². The lowest BCUT2D eigenvalue weighted by Crippen LogP contribution is -2.23. The highest BCUT2D eigenvalue weighted by molar-refractivity contribution is 6.27. The van der Waals surface area contributed by atoms with Crippen LogP contribution in [0.4, 0.5) is 0 Å². The van der Waals surface area contributed by atoms with Crippen molar-refractivity contribution in [1.82, 2.24) is 0 Å². The van der Waals surface area contributed by atoms with E-state index in [1.807, 2.05) is 0 Å². The number of ketones is 1. The number of allylic oxidation sites excluding steroid dienone is 1. The zero-order valence-corrected chi connectivity index (χ0v) is 7.74. The average molecular weight is 173 g/mol. The molecule has 0 saturated heterocycles. The van der Waals surface area contributed by atoms with Gasteiger partial charge < -0.3 is 0 Å². The summed E-state index contributed by atoms with van der Waals surface area (Å²) in [6.07, 6.45) is 2.47. The van der Waals surface area contributed by atoms with Crippen LogP contribution in [0.15, 0.2) is 11.1 Å². The Bertz CT molecular complexity index is 204. The minimum atomic E-state index is 0.222. The predicted molar refractivity (Wildman–Crippen MR) is 46.6 cm³/mol. The summed E-state index contributed by atoms with van der Waals surface area (Å²) in [6.45, 7) is 4.33. The van der Waals surface area contributed by atoms with Crippen molar-refractivity contribution in [3.05, 3.63) is 11.1 Å². The average Bonchev–Trinajstić information content (AvgIpc) is 1.94. The molecule has 0 aliphatic heterocycles. The summed E-state index contributed by atoms with van der Waals surface area (Å²) in [5.41, 5.74) is 2.49. The minimum absolute atomic E-state index is 0.222. The van der Waals surface area contributed by atoms with E-state index in [-0.39, 0.29) is 11.2 Å². The predicted octanol–water partition coefficient (Wildman–Crippen LogP) is 2.89. The van der Waals surface area contributed by atoms with E-state index in [2.05, 4.69) is 13.8 Å². The lowest BCUT2D eigenvalue weighted by molar-refractivity contribution is -0.117. The number of rotatable bonds is 0. The third-order valence-electron chi connectivity index (χ3n) is 2.19. The first-order chi connectivity index (χ1) is 5.05. The Kier molecular flexibility index (Phi) is 2.38. The summed E-state index contributed by atoms with van der Waals surface area (Å²) in [7, 11) is 0. The quantitative estimate of drug-likeness (QED) is 0.514. The standard InChI is InChI=1S/C9H13ClO/c1-9(2)4-3-8(11)7(5-9)6-10/h6H,3-5H2,1-2H3/b7-6+. The fourth-order valence-electron chi connectivity index (χ4n) is 1.41. The summed E-state index contributed by atoms with van der Waals surface area (Å²) in [5, 5.41) is 0. The van der Waals surface area contributed by atoms with Gasteiger partial charge in [-0.15, -0.1) is 0 Å². The van der Waals surface area contributed by atoms with Gasteiger partial charge in [0.25, 0.3) is 0 Å². The molecule has 0 atom stereocenters. The molecular weight excluding hydrogens is 160 g/mol. The highest BCUT2D eigenvalue weighted by Gasteiger charge is 2.28. The van der Waals surface area contributed by atoms with E-state index in [0.717, 1.165) is 18.4 Å². The second-order valence-electron chi connectivity index (χ2n) is 3.90. The Balaban J connectivity index is 2.74. The molecule has 0 N–H and O–H groups in total. The molecule has 0 heterocycles. The number of carbonyl (C=O) groups excluding carboxylic acids is 1. The molecule has 0 aromatic carbocycles. The molecule has 0 spiro atoms. The number of Topliss-reactive ketones (excluding diaryl/α,β-unsaturated/α-hetero) is 1. The summed E-state index contributed by atoms with van der Waals surface area (Å²) >= 11 is 5.52. The van der Waals surface area contributed by atoms with E-state index in [0.29, 0.717) is 6.42 Å². The zero-order chi connectivity index (χ0) is 8.48. The Labute approximate surface area is 72.4 Å². The fourth-order valence-corrected chi connectivity index (χ4v) is 1.61. The van der Waals surface area contributed by atoms with Gasteiger partial charge in [0.1, 0.15) is 0 Å². The van der Waals surface area contributed by atoms with Crippen LogP contribution in [0.2, 0.25) is 0 Å².